The van der Waals surface area contributed by atoms with E-state index in [9.17, 15) is 9.59 Å². The molecule has 2 fully saturated rings. The average molecular weight is 461 g/mol. The molecule has 33 heavy (non-hydrogen) atoms. The maximum Gasteiger partial charge on any atom is 0.282 e. The number of benzene rings is 2. The van der Waals surface area contributed by atoms with Crippen molar-refractivity contribution in [2.45, 2.75) is 26.3 Å². The first-order valence-corrected chi connectivity index (χ1v) is 12.3. The second-order valence-electron chi connectivity index (χ2n) is 8.84. The van der Waals surface area contributed by atoms with Crippen LogP contribution in [-0.2, 0) is 4.79 Å². The smallest absolute Gasteiger partial charge is 0.282 e. The largest absolute Gasteiger partial charge is 0.334 e. The third kappa shape index (κ3) is 4.30. The van der Waals surface area contributed by atoms with Gasteiger partial charge in [-0.3, -0.25) is 14.5 Å². The molecule has 0 saturated carbocycles. The van der Waals surface area contributed by atoms with Crippen LogP contribution in [0.2, 0.25) is 0 Å². The lowest BCUT2D eigenvalue weighted by Crippen LogP contribution is -2.52. The number of rotatable bonds is 4. The molecule has 2 saturated heterocycles. The highest BCUT2D eigenvalue weighted by Crippen LogP contribution is 2.31. The topological polar surface area (TPSA) is 56.8 Å². The van der Waals surface area contributed by atoms with E-state index in [1.165, 1.54) is 33.6 Å². The standard InChI is InChI=1S/C26H28N4O2S/c1-18-4-3-5-19(2)24(18)20-6-8-21(9-7-20)30-17-22(16-23(30)31)28-11-13-29(14-12-28)26(32)25-27-10-15-33-25/h3-10,15,22H,11-14,16-17H2,1-2H3. The van der Waals surface area contributed by atoms with E-state index in [0.717, 1.165) is 18.8 Å². The molecule has 1 atom stereocenters. The Labute approximate surface area is 198 Å². The van der Waals surface area contributed by atoms with Crippen molar-refractivity contribution >= 4 is 28.8 Å². The Kier molecular flexibility index (Phi) is 6.00. The van der Waals surface area contributed by atoms with Gasteiger partial charge in [-0.15, -0.1) is 11.3 Å². The Morgan fingerprint density at radius 1 is 1.00 bits per heavy atom. The van der Waals surface area contributed by atoms with Gasteiger partial charge in [0.2, 0.25) is 5.91 Å². The summed E-state index contributed by atoms with van der Waals surface area (Å²) in [6, 6.07) is 14.9. The van der Waals surface area contributed by atoms with Crippen LogP contribution in [0.3, 0.4) is 0 Å². The molecule has 5 rings (SSSR count). The summed E-state index contributed by atoms with van der Waals surface area (Å²) in [6.07, 6.45) is 2.20. The van der Waals surface area contributed by atoms with Gasteiger partial charge in [0.25, 0.3) is 5.91 Å². The van der Waals surface area contributed by atoms with Crippen LogP contribution in [0.1, 0.15) is 27.3 Å². The van der Waals surface area contributed by atoms with Crippen LogP contribution in [0.15, 0.2) is 54.0 Å². The number of aromatic nitrogens is 1. The van der Waals surface area contributed by atoms with Crippen LogP contribution in [0.4, 0.5) is 5.69 Å². The Morgan fingerprint density at radius 3 is 2.33 bits per heavy atom. The van der Waals surface area contributed by atoms with Gasteiger partial charge in [-0.05, 0) is 48.2 Å². The van der Waals surface area contributed by atoms with Crippen LogP contribution >= 0.6 is 11.3 Å². The molecule has 0 bridgehead atoms. The Bertz CT molecular complexity index is 1130. The van der Waals surface area contributed by atoms with Gasteiger partial charge in [-0.2, -0.15) is 0 Å². The predicted octanol–water partition coefficient (Wildman–Crippen LogP) is 3.99. The first-order chi connectivity index (χ1) is 16.0. The molecular formula is C26H28N4O2S. The lowest BCUT2D eigenvalue weighted by molar-refractivity contribution is -0.117. The lowest BCUT2D eigenvalue weighted by Gasteiger charge is -2.37. The minimum Gasteiger partial charge on any atom is -0.334 e. The number of carbonyl (C=O) groups is 2. The monoisotopic (exact) mass is 460 g/mol. The summed E-state index contributed by atoms with van der Waals surface area (Å²) in [4.78, 5) is 35.7. The Hall–Kier alpha value is -3.03. The summed E-state index contributed by atoms with van der Waals surface area (Å²) in [5, 5.41) is 2.38. The van der Waals surface area contributed by atoms with Crippen LogP contribution in [-0.4, -0.2) is 65.4 Å². The molecule has 2 aliphatic heterocycles. The average Bonchev–Trinajstić information content (AvgIpc) is 3.49. The van der Waals surface area contributed by atoms with Gasteiger partial charge in [0.1, 0.15) is 0 Å². The number of hydrogen-bond donors (Lipinski definition) is 0. The molecule has 0 spiro atoms. The normalized spacial score (nSPS) is 19.3. The molecule has 1 aromatic heterocycles. The molecule has 0 aliphatic carbocycles. The van der Waals surface area contributed by atoms with Crippen LogP contribution in [0.5, 0.6) is 0 Å². The zero-order valence-electron chi connectivity index (χ0n) is 19.0. The molecule has 2 amide bonds. The molecule has 6 nitrogen and oxygen atoms in total. The second-order valence-corrected chi connectivity index (χ2v) is 9.74. The molecule has 0 radical (unpaired) electrons. The molecule has 0 N–H and O–H groups in total. The van der Waals surface area contributed by atoms with Crippen molar-refractivity contribution in [2.75, 3.05) is 37.6 Å². The summed E-state index contributed by atoms with van der Waals surface area (Å²) < 4.78 is 0. The van der Waals surface area contributed by atoms with E-state index in [1.54, 1.807) is 6.20 Å². The highest BCUT2D eigenvalue weighted by atomic mass is 32.1. The molecule has 2 aliphatic rings. The van der Waals surface area contributed by atoms with E-state index in [1.807, 2.05) is 15.2 Å². The molecular weight excluding hydrogens is 432 g/mol. The van der Waals surface area contributed by atoms with Crippen molar-refractivity contribution in [1.82, 2.24) is 14.8 Å². The zero-order chi connectivity index (χ0) is 22.9. The van der Waals surface area contributed by atoms with Gasteiger partial charge < -0.3 is 9.80 Å². The molecule has 7 heteroatoms. The minimum absolute atomic E-state index is 0.0118. The van der Waals surface area contributed by atoms with Crippen LogP contribution in [0, 0.1) is 13.8 Å². The molecule has 2 aromatic carbocycles. The SMILES string of the molecule is Cc1cccc(C)c1-c1ccc(N2CC(N3CCN(C(=O)c4nccs4)CC3)CC2=O)cc1. The number of thiazole rings is 1. The lowest BCUT2D eigenvalue weighted by atomic mass is 9.96. The van der Waals surface area contributed by atoms with Gasteiger partial charge in [0, 0.05) is 62.5 Å². The number of aryl methyl sites for hydroxylation is 2. The fourth-order valence-corrected chi connectivity index (χ4v) is 5.62. The number of piperazine rings is 1. The maximum absolute atomic E-state index is 12.8. The first kappa shape index (κ1) is 21.8. The highest BCUT2D eigenvalue weighted by molar-refractivity contribution is 7.11. The van der Waals surface area contributed by atoms with Crippen LogP contribution in [0.25, 0.3) is 11.1 Å². The van der Waals surface area contributed by atoms with Crippen molar-refractivity contribution in [1.29, 1.82) is 0 Å². The van der Waals surface area contributed by atoms with Gasteiger partial charge in [0.15, 0.2) is 5.01 Å². The quantitative estimate of drug-likeness (QED) is 0.591. The van der Waals surface area contributed by atoms with E-state index in [2.05, 4.69) is 66.2 Å². The molecule has 3 heterocycles. The van der Waals surface area contributed by atoms with E-state index < -0.39 is 0 Å². The zero-order valence-corrected chi connectivity index (χ0v) is 19.8. The second kappa shape index (κ2) is 9.08. The van der Waals surface area contributed by atoms with Gasteiger partial charge >= 0.3 is 0 Å². The number of carbonyl (C=O) groups excluding carboxylic acids is 2. The molecule has 1 unspecified atom stereocenters. The van der Waals surface area contributed by atoms with E-state index >= 15 is 0 Å². The van der Waals surface area contributed by atoms with Crippen molar-refractivity contribution in [2.24, 2.45) is 0 Å². The van der Waals surface area contributed by atoms with Crippen molar-refractivity contribution < 1.29 is 9.59 Å². The minimum atomic E-state index is 0.0118. The van der Waals surface area contributed by atoms with Gasteiger partial charge in [-0.25, -0.2) is 4.98 Å². The Balaban J connectivity index is 1.23. The summed E-state index contributed by atoms with van der Waals surface area (Å²) in [5.41, 5.74) is 5.91. The highest BCUT2D eigenvalue weighted by Gasteiger charge is 2.36. The number of nitrogens with zero attached hydrogens (tertiary/aromatic N) is 4. The Morgan fingerprint density at radius 2 is 1.70 bits per heavy atom. The van der Waals surface area contributed by atoms with E-state index in [0.29, 0.717) is 31.1 Å². The molecule has 170 valence electrons. The number of amides is 2. The summed E-state index contributed by atoms with van der Waals surface area (Å²) in [6.45, 7) is 7.89. The summed E-state index contributed by atoms with van der Waals surface area (Å²) in [7, 11) is 0. The van der Waals surface area contributed by atoms with Gasteiger partial charge in [-0.1, -0.05) is 30.3 Å². The fourth-order valence-electron chi connectivity index (χ4n) is 5.02. The predicted molar refractivity (Wildman–Crippen MR) is 132 cm³/mol. The third-order valence-corrected chi connectivity index (χ3v) is 7.55. The van der Waals surface area contributed by atoms with E-state index in [-0.39, 0.29) is 17.9 Å². The first-order valence-electron chi connectivity index (χ1n) is 11.4. The molecule has 3 aromatic rings. The fraction of sp³-hybridized carbons (Fsp3) is 0.346. The third-order valence-electron chi connectivity index (χ3n) is 6.79. The van der Waals surface area contributed by atoms with E-state index in [4.69, 9.17) is 0 Å². The maximum atomic E-state index is 12.8. The number of hydrogen-bond acceptors (Lipinski definition) is 5. The number of anilines is 1. The van der Waals surface area contributed by atoms with Crippen LogP contribution < -0.4 is 4.90 Å². The summed E-state index contributed by atoms with van der Waals surface area (Å²) >= 11 is 1.38. The van der Waals surface area contributed by atoms with Crippen molar-refractivity contribution in [3.8, 4) is 11.1 Å². The van der Waals surface area contributed by atoms with Gasteiger partial charge in [0.05, 0.1) is 0 Å². The summed E-state index contributed by atoms with van der Waals surface area (Å²) in [5.74, 6) is 0.180. The van der Waals surface area contributed by atoms with Crippen molar-refractivity contribution in [3.63, 3.8) is 0 Å². The van der Waals surface area contributed by atoms with Crippen molar-refractivity contribution in [3.05, 3.63) is 70.2 Å².